The Kier molecular flexibility index (Phi) is 5.41. The lowest BCUT2D eigenvalue weighted by atomic mass is 9.78. The van der Waals surface area contributed by atoms with Crippen molar-refractivity contribution in [1.29, 1.82) is 0 Å². The van der Waals surface area contributed by atoms with Gasteiger partial charge in [0, 0.05) is 13.1 Å². The summed E-state index contributed by atoms with van der Waals surface area (Å²) in [4.78, 5) is 25.2. The van der Waals surface area contributed by atoms with E-state index < -0.39 is 0 Å². The summed E-state index contributed by atoms with van der Waals surface area (Å²) in [5.41, 5.74) is 0.881. The van der Waals surface area contributed by atoms with Gasteiger partial charge in [-0.2, -0.15) is 0 Å². The highest BCUT2D eigenvalue weighted by molar-refractivity contribution is 5.70. The molecular formula is C17H23NO4. The van der Waals surface area contributed by atoms with E-state index >= 15 is 0 Å². The Balaban J connectivity index is 1.78. The maximum Gasteiger partial charge on any atom is 0.410 e. The molecule has 5 heteroatoms. The van der Waals surface area contributed by atoms with Gasteiger partial charge in [0.15, 0.2) is 0 Å². The number of likely N-dealkylation sites (tertiary alicyclic amines) is 1. The Morgan fingerprint density at radius 2 is 1.82 bits per heavy atom. The monoisotopic (exact) mass is 305 g/mol. The van der Waals surface area contributed by atoms with Crippen molar-refractivity contribution in [2.24, 2.45) is 5.41 Å². The van der Waals surface area contributed by atoms with E-state index in [0.717, 1.165) is 18.4 Å². The summed E-state index contributed by atoms with van der Waals surface area (Å²) >= 11 is 0. The molecule has 1 aliphatic rings. The van der Waals surface area contributed by atoms with Gasteiger partial charge in [0.05, 0.1) is 13.5 Å². The normalized spacial score (nSPS) is 16.9. The zero-order chi connectivity index (χ0) is 16.0. The van der Waals surface area contributed by atoms with Crippen molar-refractivity contribution in [3.8, 4) is 0 Å². The maximum atomic E-state index is 12.1. The van der Waals surface area contributed by atoms with E-state index in [2.05, 4.69) is 6.92 Å². The topological polar surface area (TPSA) is 55.8 Å². The number of esters is 1. The van der Waals surface area contributed by atoms with Gasteiger partial charge < -0.3 is 14.4 Å². The Bertz CT molecular complexity index is 507. The first-order chi connectivity index (χ1) is 10.5. The van der Waals surface area contributed by atoms with Crippen molar-refractivity contribution in [2.75, 3.05) is 20.2 Å². The number of nitrogens with zero attached hydrogens (tertiary/aromatic N) is 1. The number of hydrogen-bond acceptors (Lipinski definition) is 4. The molecule has 0 aromatic heterocycles. The van der Waals surface area contributed by atoms with Crippen LogP contribution in [-0.2, 0) is 20.9 Å². The number of carbonyl (C=O) groups is 2. The molecule has 0 spiro atoms. The third-order valence-electron chi connectivity index (χ3n) is 4.23. The molecule has 0 N–H and O–H groups in total. The Labute approximate surface area is 131 Å². The van der Waals surface area contributed by atoms with Crippen molar-refractivity contribution in [3.05, 3.63) is 35.9 Å². The largest absolute Gasteiger partial charge is 0.469 e. The van der Waals surface area contributed by atoms with Crippen molar-refractivity contribution in [3.63, 3.8) is 0 Å². The van der Waals surface area contributed by atoms with Crippen molar-refractivity contribution < 1.29 is 19.1 Å². The molecule has 5 nitrogen and oxygen atoms in total. The van der Waals surface area contributed by atoms with Gasteiger partial charge in [-0.15, -0.1) is 0 Å². The fourth-order valence-electron chi connectivity index (χ4n) is 2.64. The second-order valence-corrected chi connectivity index (χ2v) is 6.09. The van der Waals surface area contributed by atoms with Crippen LogP contribution in [0.15, 0.2) is 30.3 Å². The number of rotatable bonds is 4. The lowest BCUT2D eigenvalue weighted by Crippen LogP contribution is -2.43. The molecule has 1 aliphatic heterocycles. The molecule has 2 rings (SSSR count). The standard InChI is InChI=1S/C17H23NO4/c1-17(12-15(19)21-2)8-10-18(11-9-17)16(20)22-13-14-6-4-3-5-7-14/h3-7H,8-13H2,1-2H3. The summed E-state index contributed by atoms with van der Waals surface area (Å²) in [5, 5.41) is 0. The fraction of sp³-hybridized carbons (Fsp3) is 0.529. The van der Waals surface area contributed by atoms with E-state index in [1.165, 1.54) is 7.11 Å². The number of piperidine rings is 1. The van der Waals surface area contributed by atoms with Crippen molar-refractivity contribution >= 4 is 12.1 Å². The van der Waals surface area contributed by atoms with E-state index in [-0.39, 0.29) is 24.1 Å². The van der Waals surface area contributed by atoms with Gasteiger partial charge >= 0.3 is 12.1 Å². The third-order valence-corrected chi connectivity index (χ3v) is 4.23. The third kappa shape index (κ3) is 4.48. The molecule has 1 aromatic carbocycles. The van der Waals surface area contributed by atoms with E-state index in [9.17, 15) is 9.59 Å². The number of methoxy groups -OCH3 is 1. The summed E-state index contributed by atoms with van der Waals surface area (Å²) in [7, 11) is 1.40. The predicted octanol–water partition coefficient (Wildman–Crippen LogP) is 2.99. The molecule has 1 saturated heterocycles. The quantitative estimate of drug-likeness (QED) is 0.802. The summed E-state index contributed by atoms with van der Waals surface area (Å²) in [6.45, 7) is 3.58. The van der Waals surface area contributed by atoms with Crippen molar-refractivity contribution in [1.82, 2.24) is 4.90 Å². The summed E-state index contributed by atoms with van der Waals surface area (Å²) in [6.07, 6.45) is 1.67. The van der Waals surface area contributed by atoms with Gasteiger partial charge in [-0.25, -0.2) is 4.79 Å². The fourth-order valence-corrected chi connectivity index (χ4v) is 2.64. The molecule has 0 saturated carbocycles. The summed E-state index contributed by atoms with van der Waals surface area (Å²) in [5.74, 6) is -0.192. The van der Waals surface area contributed by atoms with E-state index in [1.807, 2.05) is 30.3 Å². The molecule has 1 amide bonds. The second kappa shape index (κ2) is 7.29. The smallest absolute Gasteiger partial charge is 0.410 e. The first-order valence-electron chi connectivity index (χ1n) is 7.55. The van der Waals surface area contributed by atoms with Gasteiger partial charge in [-0.3, -0.25) is 4.79 Å². The number of benzene rings is 1. The van der Waals surface area contributed by atoms with Crippen LogP contribution >= 0.6 is 0 Å². The summed E-state index contributed by atoms with van der Waals surface area (Å²) < 4.78 is 10.1. The Morgan fingerprint density at radius 1 is 1.18 bits per heavy atom. The van der Waals surface area contributed by atoms with Crippen LogP contribution in [0.2, 0.25) is 0 Å². The highest BCUT2D eigenvalue weighted by Crippen LogP contribution is 2.34. The van der Waals surface area contributed by atoms with Gasteiger partial charge in [0.2, 0.25) is 0 Å². The van der Waals surface area contributed by atoms with Crippen LogP contribution in [0.1, 0.15) is 31.7 Å². The van der Waals surface area contributed by atoms with Crippen LogP contribution in [0.4, 0.5) is 4.79 Å². The van der Waals surface area contributed by atoms with Gasteiger partial charge in [0.1, 0.15) is 6.61 Å². The number of hydrogen-bond donors (Lipinski definition) is 0. The molecule has 1 aromatic rings. The molecule has 22 heavy (non-hydrogen) atoms. The highest BCUT2D eigenvalue weighted by atomic mass is 16.6. The molecule has 0 atom stereocenters. The van der Waals surface area contributed by atoms with Crippen LogP contribution in [0, 0.1) is 5.41 Å². The SMILES string of the molecule is COC(=O)CC1(C)CCN(C(=O)OCc2ccccc2)CC1. The molecule has 0 radical (unpaired) electrons. The molecule has 0 unspecified atom stereocenters. The first-order valence-corrected chi connectivity index (χ1v) is 7.55. The van der Waals surface area contributed by atoms with Crippen LogP contribution < -0.4 is 0 Å². The van der Waals surface area contributed by atoms with Crippen LogP contribution in [0.3, 0.4) is 0 Å². The minimum absolute atomic E-state index is 0.0939. The maximum absolute atomic E-state index is 12.1. The zero-order valence-corrected chi connectivity index (χ0v) is 13.2. The number of ether oxygens (including phenoxy) is 2. The first kappa shape index (κ1) is 16.3. The lowest BCUT2D eigenvalue weighted by Gasteiger charge is -2.38. The number of carbonyl (C=O) groups excluding carboxylic acids is 2. The molecule has 120 valence electrons. The lowest BCUT2D eigenvalue weighted by molar-refractivity contribution is -0.143. The minimum atomic E-state index is -0.288. The summed E-state index contributed by atoms with van der Waals surface area (Å²) in [6, 6.07) is 9.62. The van der Waals surface area contributed by atoms with E-state index in [0.29, 0.717) is 19.5 Å². The van der Waals surface area contributed by atoms with Gasteiger partial charge in [-0.1, -0.05) is 37.3 Å². The van der Waals surface area contributed by atoms with E-state index in [1.54, 1.807) is 4.90 Å². The molecule has 1 fully saturated rings. The minimum Gasteiger partial charge on any atom is -0.469 e. The Hall–Kier alpha value is -2.04. The van der Waals surface area contributed by atoms with Crippen molar-refractivity contribution in [2.45, 2.75) is 32.8 Å². The average Bonchev–Trinajstić information content (AvgIpc) is 2.54. The average molecular weight is 305 g/mol. The molecule has 1 heterocycles. The zero-order valence-electron chi connectivity index (χ0n) is 13.2. The molecule has 0 aliphatic carbocycles. The van der Waals surface area contributed by atoms with Crippen LogP contribution in [0.5, 0.6) is 0 Å². The van der Waals surface area contributed by atoms with Crippen LogP contribution in [-0.4, -0.2) is 37.2 Å². The van der Waals surface area contributed by atoms with Gasteiger partial charge in [0.25, 0.3) is 0 Å². The Morgan fingerprint density at radius 3 is 2.41 bits per heavy atom. The molecular weight excluding hydrogens is 282 g/mol. The molecule has 0 bridgehead atoms. The van der Waals surface area contributed by atoms with E-state index in [4.69, 9.17) is 9.47 Å². The second-order valence-electron chi connectivity index (χ2n) is 6.09. The van der Waals surface area contributed by atoms with Gasteiger partial charge in [-0.05, 0) is 23.8 Å². The highest BCUT2D eigenvalue weighted by Gasteiger charge is 2.34. The van der Waals surface area contributed by atoms with Crippen LogP contribution in [0.25, 0.3) is 0 Å². The number of amides is 1. The predicted molar refractivity (Wildman–Crippen MR) is 82.2 cm³/mol.